The second-order valence-electron chi connectivity index (χ2n) is 9.89. The molecule has 29 heavy (non-hydrogen) atoms. The van der Waals surface area contributed by atoms with Gasteiger partial charge in [-0.05, 0) is 79.9 Å². The third kappa shape index (κ3) is 7.26. The lowest BCUT2D eigenvalue weighted by Gasteiger charge is -2.30. The third-order valence-electron chi connectivity index (χ3n) is 7.76. The standard InChI is InChI=1S/C28H43F/c1-3-5-6-22-7-9-23(10-8-22)11-12-24-13-15-25(16-14-24)17-18-26-19-20-27(4-2)28(29)21-26/h15,19-24H,3-14,16-18H2,1-2H3/t22-,23-,24?. The molecule has 162 valence electrons. The van der Waals surface area contributed by atoms with Crippen molar-refractivity contribution < 1.29 is 4.39 Å². The lowest BCUT2D eigenvalue weighted by molar-refractivity contribution is 0.235. The molecule has 0 aliphatic heterocycles. The van der Waals surface area contributed by atoms with E-state index in [2.05, 4.69) is 19.1 Å². The number of benzene rings is 1. The van der Waals surface area contributed by atoms with E-state index in [1.54, 1.807) is 11.6 Å². The highest BCUT2D eigenvalue weighted by atomic mass is 19.1. The summed E-state index contributed by atoms with van der Waals surface area (Å²) in [6.45, 7) is 4.33. The molecule has 0 N–H and O–H groups in total. The summed E-state index contributed by atoms with van der Waals surface area (Å²) in [5.74, 6) is 2.94. The van der Waals surface area contributed by atoms with Crippen LogP contribution in [0.2, 0.25) is 0 Å². The molecule has 1 fully saturated rings. The highest BCUT2D eigenvalue weighted by molar-refractivity contribution is 5.25. The van der Waals surface area contributed by atoms with Gasteiger partial charge in [0.25, 0.3) is 0 Å². The van der Waals surface area contributed by atoms with Crippen molar-refractivity contribution in [3.05, 3.63) is 46.8 Å². The number of unbranched alkanes of at least 4 members (excludes halogenated alkanes) is 1. The van der Waals surface area contributed by atoms with Crippen LogP contribution in [0.4, 0.5) is 4.39 Å². The molecule has 1 aromatic rings. The minimum Gasteiger partial charge on any atom is -0.207 e. The Morgan fingerprint density at radius 2 is 1.59 bits per heavy atom. The summed E-state index contributed by atoms with van der Waals surface area (Å²) >= 11 is 0. The van der Waals surface area contributed by atoms with Crippen molar-refractivity contribution in [3.8, 4) is 0 Å². The molecule has 2 aliphatic rings. The minimum atomic E-state index is -0.0258. The highest BCUT2D eigenvalue weighted by Gasteiger charge is 2.22. The van der Waals surface area contributed by atoms with Crippen LogP contribution in [0, 0.1) is 23.6 Å². The summed E-state index contributed by atoms with van der Waals surface area (Å²) in [7, 11) is 0. The van der Waals surface area contributed by atoms with Crippen molar-refractivity contribution in [2.45, 2.75) is 110 Å². The monoisotopic (exact) mass is 398 g/mol. The largest absolute Gasteiger partial charge is 0.207 e. The molecule has 1 atom stereocenters. The molecule has 0 aromatic heterocycles. The van der Waals surface area contributed by atoms with Crippen molar-refractivity contribution in [2.24, 2.45) is 17.8 Å². The van der Waals surface area contributed by atoms with Gasteiger partial charge in [0.1, 0.15) is 5.82 Å². The predicted octanol–water partition coefficient (Wildman–Crippen LogP) is 8.82. The molecule has 0 radical (unpaired) electrons. The number of halogens is 1. The van der Waals surface area contributed by atoms with Gasteiger partial charge in [-0.15, -0.1) is 0 Å². The Labute approximate surface area is 179 Å². The van der Waals surface area contributed by atoms with Crippen LogP contribution >= 0.6 is 0 Å². The second-order valence-corrected chi connectivity index (χ2v) is 9.89. The second kappa shape index (κ2) is 11.9. The SMILES string of the molecule is CCCC[C@H]1CC[C@H](CCC2CC=C(CCc3ccc(CC)c(F)c3)CC2)CC1. The molecule has 0 spiro atoms. The van der Waals surface area contributed by atoms with Gasteiger partial charge in [0.15, 0.2) is 0 Å². The first kappa shape index (κ1) is 22.6. The van der Waals surface area contributed by atoms with Gasteiger partial charge >= 0.3 is 0 Å². The maximum absolute atomic E-state index is 14.0. The van der Waals surface area contributed by atoms with E-state index in [4.69, 9.17) is 0 Å². The van der Waals surface area contributed by atoms with Crippen LogP contribution in [-0.4, -0.2) is 0 Å². The van der Waals surface area contributed by atoms with Crippen molar-refractivity contribution in [1.29, 1.82) is 0 Å². The average molecular weight is 399 g/mol. The Bertz CT molecular complexity index is 636. The predicted molar refractivity (Wildman–Crippen MR) is 124 cm³/mol. The van der Waals surface area contributed by atoms with Crippen LogP contribution in [0.25, 0.3) is 0 Å². The van der Waals surface area contributed by atoms with Gasteiger partial charge in [-0.25, -0.2) is 4.39 Å². The number of allylic oxidation sites excluding steroid dienone is 2. The van der Waals surface area contributed by atoms with Crippen LogP contribution in [0.1, 0.15) is 108 Å². The molecular formula is C28H43F. The lowest BCUT2D eigenvalue weighted by atomic mass is 9.76. The summed E-state index contributed by atoms with van der Waals surface area (Å²) in [5, 5.41) is 0. The quantitative estimate of drug-likeness (QED) is 0.345. The summed E-state index contributed by atoms with van der Waals surface area (Å²) in [5.41, 5.74) is 3.60. The third-order valence-corrected chi connectivity index (χ3v) is 7.76. The molecule has 1 saturated carbocycles. The molecule has 0 bridgehead atoms. The van der Waals surface area contributed by atoms with Crippen LogP contribution in [0.15, 0.2) is 29.8 Å². The first-order valence-corrected chi connectivity index (χ1v) is 12.6. The minimum absolute atomic E-state index is 0.0258. The van der Waals surface area contributed by atoms with Gasteiger partial charge in [-0.2, -0.15) is 0 Å². The van der Waals surface area contributed by atoms with Crippen LogP contribution in [0.3, 0.4) is 0 Å². The molecule has 1 heteroatoms. The van der Waals surface area contributed by atoms with Gasteiger partial charge in [-0.3, -0.25) is 0 Å². The summed E-state index contributed by atoms with van der Waals surface area (Å²) in [6, 6.07) is 5.83. The zero-order valence-corrected chi connectivity index (χ0v) is 19.0. The first-order valence-electron chi connectivity index (χ1n) is 12.6. The van der Waals surface area contributed by atoms with E-state index in [9.17, 15) is 4.39 Å². The van der Waals surface area contributed by atoms with Crippen LogP contribution in [0.5, 0.6) is 0 Å². The zero-order valence-electron chi connectivity index (χ0n) is 19.0. The molecule has 2 aliphatic carbocycles. The maximum Gasteiger partial charge on any atom is 0.126 e. The molecule has 0 heterocycles. The van der Waals surface area contributed by atoms with Gasteiger partial charge in [0.05, 0.1) is 0 Å². The van der Waals surface area contributed by atoms with Gasteiger partial charge < -0.3 is 0 Å². The van der Waals surface area contributed by atoms with Crippen molar-refractivity contribution in [3.63, 3.8) is 0 Å². The Morgan fingerprint density at radius 1 is 0.862 bits per heavy atom. The van der Waals surface area contributed by atoms with E-state index in [0.29, 0.717) is 0 Å². The van der Waals surface area contributed by atoms with Crippen molar-refractivity contribution in [1.82, 2.24) is 0 Å². The van der Waals surface area contributed by atoms with Crippen molar-refractivity contribution in [2.75, 3.05) is 0 Å². The van der Waals surface area contributed by atoms with E-state index >= 15 is 0 Å². The van der Waals surface area contributed by atoms with E-state index < -0.39 is 0 Å². The smallest absolute Gasteiger partial charge is 0.126 e. The van der Waals surface area contributed by atoms with E-state index in [1.165, 1.54) is 77.0 Å². The van der Waals surface area contributed by atoms with E-state index in [-0.39, 0.29) is 5.82 Å². The molecule has 0 nitrogen and oxygen atoms in total. The van der Waals surface area contributed by atoms with Crippen LogP contribution < -0.4 is 0 Å². The number of rotatable bonds is 10. The van der Waals surface area contributed by atoms with E-state index in [0.717, 1.165) is 48.1 Å². The zero-order chi connectivity index (χ0) is 20.5. The summed E-state index contributed by atoms with van der Waals surface area (Å²) in [4.78, 5) is 0. The summed E-state index contributed by atoms with van der Waals surface area (Å²) < 4.78 is 14.0. The Morgan fingerprint density at radius 3 is 2.21 bits per heavy atom. The Balaban J connectivity index is 1.33. The van der Waals surface area contributed by atoms with E-state index in [1.807, 2.05) is 13.0 Å². The molecule has 1 unspecified atom stereocenters. The fourth-order valence-electron chi connectivity index (χ4n) is 5.54. The Kier molecular flexibility index (Phi) is 9.28. The topological polar surface area (TPSA) is 0 Å². The number of aryl methyl sites for hydroxylation is 2. The highest BCUT2D eigenvalue weighted by Crippen LogP contribution is 2.37. The lowest BCUT2D eigenvalue weighted by Crippen LogP contribution is -2.16. The number of hydrogen-bond acceptors (Lipinski definition) is 0. The molecular weight excluding hydrogens is 355 g/mol. The normalized spacial score (nSPS) is 25.1. The van der Waals surface area contributed by atoms with Gasteiger partial charge in [0.2, 0.25) is 0 Å². The van der Waals surface area contributed by atoms with Gasteiger partial charge in [-0.1, -0.05) is 89.0 Å². The maximum atomic E-state index is 14.0. The van der Waals surface area contributed by atoms with Gasteiger partial charge in [0, 0.05) is 0 Å². The van der Waals surface area contributed by atoms with Crippen LogP contribution in [-0.2, 0) is 12.8 Å². The molecule has 1 aromatic carbocycles. The first-order chi connectivity index (χ1) is 14.2. The molecule has 0 amide bonds. The average Bonchev–Trinajstić information content (AvgIpc) is 2.76. The fraction of sp³-hybridized carbons (Fsp3) is 0.714. The Hall–Kier alpha value is -1.11. The van der Waals surface area contributed by atoms with Crippen molar-refractivity contribution >= 4 is 0 Å². The number of hydrogen-bond donors (Lipinski definition) is 0. The molecule has 3 rings (SSSR count). The summed E-state index contributed by atoms with van der Waals surface area (Å²) in [6.07, 6.45) is 22.5. The fourth-order valence-corrected chi connectivity index (χ4v) is 5.54. The molecule has 0 saturated heterocycles.